The second-order valence-corrected chi connectivity index (χ2v) is 8.69. The van der Waals surface area contributed by atoms with Crippen molar-refractivity contribution in [1.29, 1.82) is 0 Å². The van der Waals surface area contributed by atoms with E-state index in [4.69, 9.17) is 38.7 Å². The number of nitrogens with zero attached hydrogens (tertiary/aromatic N) is 2. The molecule has 0 unspecified atom stereocenters. The Morgan fingerprint density at radius 1 is 1.13 bits per heavy atom. The lowest BCUT2D eigenvalue weighted by molar-refractivity contribution is 0.145. The van der Waals surface area contributed by atoms with E-state index in [9.17, 15) is 4.79 Å². The third-order valence-electron chi connectivity index (χ3n) is 4.15. The van der Waals surface area contributed by atoms with E-state index in [0.717, 1.165) is 21.2 Å². The first kappa shape index (κ1) is 25.1. The van der Waals surface area contributed by atoms with E-state index < -0.39 is 6.09 Å². The van der Waals surface area contributed by atoms with Crippen molar-refractivity contribution in [2.45, 2.75) is 56.7 Å². The van der Waals surface area contributed by atoms with Crippen LogP contribution in [0.2, 0.25) is 10.0 Å². The molecule has 0 atom stereocenters. The van der Waals surface area contributed by atoms with Gasteiger partial charge in [0.05, 0.1) is 5.69 Å². The van der Waals surface area contributed by atoms with Gasteiger partial charge in [0.2, 0.25) is 0 Å². The standard InChI is InChI=1S/C21H21Cl2N3O2S.C2H6/c1-13(2)19-20(29-17-9-15(22)8-16(23)10-17)26(11-14-6-4-3-5-7-14)18(25-19)12-28-21(24)27;1-2/h3-10,13H,11-12H2,1-2H3,(H2,24,27);1-2H3. The molecule has 5 nitrogen and oxygen atoms in total. The Morgan fingerprint density at radius 3 is 2.29 bits per heavy atom. The summed E-state index contributed by atoms with van der Waals surface area (Å²) in [5.41, 5.74) is 7.18. The zero-order chi connectivity index (χ0) is 23.0. The third-order valence-corrected chi connectivity index (χ3v) is 5.68. The molecule has 0 radical (unpaired) electrons. The molecule has 3 rings (SSSR count). The van der Waals surface area contributed by atoms with Gasteiger partial charge in [-0.1, -0.05) is 93.0 Å². The van der Waals surface area contributed by atoms with Gasteiger partial charge in [-0.15, -0.1) is 0 Å². The molecule has 2 N–H and O–H groups in total. The summed E-state index contributed by atoms with van der Waals surface area (Å²) >= 11 is 13.9. The molecular formula is C23H27Cl2N3O2S. The third kappa shape index (κ3) is 7.20. The number of nitrogens with two attached hydrogens (primary N) is 1. The van der Waals surface area contributed by atoms with Crippen molar-refractivity contribution < 1.29 is 9.53 Å². The van der Waals surface area contributed by atoms with E-state index in [1.54, 1.807) is 6.07 Å². The van der Waals surface area contributed by atoms with E-state index in [-0.39, 0.29) is 12.5 Å². The molecule has 0 saturated carbocycles. The number of primary amides is 1. The second-order valence-electron chi connectivity index (χ2n) is 6.76. The van der Waals surface area contributed by atoms with Crippen molar-refractivity contribution in [3.8, 4) is 0 Å². The Hall–Kier alpha value is -2.15. The minimum Gasteiger partial charge on any atom is -0.442 e. The van der Waals surface area contributed by atoms with Crippen LogP contribution in [0.15, 0.2) is 58.5 Å². The normalized spacial score (nSPS) is 10.5. The Kier molecular flexibility index (Phi) is 9.75. The summed E-state index contributed by atoms with van der Waals surface area (Å²) in [7, 11) is 0. The highest BCUT2D eigenvalue weighted by atomic mass is 35.5. The van der Waals surface area contributed by atoms with Crippen LogP contribution in [0.5, 0.6) is 0 Å². The summed E-state index contributed by atoms with van der Waals surface area (Å²) in [6.07, 6.45) is -0.832. The molecular weight excluding hydrogens is 453 g/mol. The predicted molar refractivity (Wildman–Crippen MR) is 128 cm³/mol. The first-order chi connectivity index (χ1) is 14.8. The summed E-state index contributed by atoms with van der Waals surface area (Å²) in [5, 5.41) is 2.08. The number of carbonyl (C=O) groups is 1. The van der Waals surface area contributed by atoms with Gasteiger partial charge in [-0.3, -0.25) is 0 Å². The SMILES string of the molecule is CC.CC(C)c1nc(COC(N)=O)n(Cc2ccccc2)c1Sc1cc(Cl)cc(Cl)c1. The maximum atomic E-state index is 11.2. The molecule has 2 aromatic carbocycles. The van der Waals surface area contributed by atoms with Gasteiger partial charge < -0.3 is 15.0 Å². The van der Waals surface area contributed by atoms with Crippen molar-refractivity contribution in [1.82, 2.24) is 9.55 Å². The molecule has 31 heavy (non-hydrogen) atoms. The van der Waals surface area contributed by atoms with E-state index in [2.05, 4.69) is 13.8 Å². The van der Waals surface area contributed by atoms with Crippen LogP contribution in [0.3, 0.4) is 0 Å². The van der Waals surface area contributed by atoms with Crippen LogP contribution < -0.4 is 5.73 Å². The number of ether oxygens (including phenoxy) is 1. The molecule has 1 aromatic heterocycles. The van der Waals surface area contributed by atoms with Crippen molar-refractivity contribution in [2.75, 3.05) is 0 Å². The summed E-state index contributed by atoms with van der Waals surface area (Å²) < 4.78 is 7.10. The van der Waals surface area contributed by atoms with Crippen molar-refractivity contribution in [2.24, 2.45) is 5.73 Å². The van der Waals surface area contributed by atoms with Crippen LogP contribution in [0.4, 0.5) is 4.79 Å². The van der Waals surface area contributed by atoms with Crippen LogP contribution >= 0.6 is 35.0 Å². The van der Waals surface area contributed by atoms with E-state index >= 15 is 0 Å². The predicted octanol–water partition coefficient (Wildman–Crippen LogP) is 7.13. The first-order valence-corrected chi connectivity index (χ1v) is 11.6. The average molecular weight is 480 g/mol. The molecule has 1 heterocycles. The molecule has 166 valence electrons. The van der Waals surface area contributed by atoms with E-state index in [1.165, 1.54) is 11.8 Å². The number of hydrogen-bond acceptors (Lipinski definition) is 4. The molecule has 0 saturated heterocycles. The van der Waals surface area contributed by atoms with Gasteiger partial charge in [0.1, 0.15) is 10.9 Å². The number of rotatable bonds is 7. The van der Waals surface area contributed by atoms with Gasteiger partial charge in [0, 0.05) is 21.5 Å². The van der Waals surface area contributed by atoms with Gasteiger partial charge in [-0.05, 0) is 29.7 Å². The van der Waals surface area contributed by atoms with Gasteiger partial charge in [-0.25, -0.2) is 9.78 Å². The van der Waals surface area contributed by atoms with E-state index in [0.29, 0.717) is 22.4 Å². The number of hydrogen-bond donors (Lipinski definition) is 1. The highest BCUT2D eigenvalue weighted by Crippen LogP contribution is 2.37. The lowest BCUT2D eigenvalue weighted by Gasteiger charge is -2.14. The van der Waals surface area contributed by atoms with Crippen LogP contribution in [-0.2, 0) is 17.9 Å². The minimum atomic E-state index is -0.832. The van der Waals surface area contributed by atoms with Crippen LogP contribution in [0.1, 0.15) is 50.7 Å². The lowest BCUT2D eigenvalue weighted by Crippen LogP contribution is -2.15. The second kappa shape index (κ2) is 12.0. The lowest BCUT2D eigenvalue weighted by atomic mass is 10.1. The number of carbonyl (C=O) groups excluding carboxylic acids is 1. The Bertz CT molecular complexity index is 987. The Balaban J connectivity index is 0.00000166. The Labute approximate surface area is 197 Å². The molecule has 1 amide bonds. The molecule has 3 aromatic rings. The van der Waals surface area contributed by atoms with Gasteiger partial charge in [-0.2, -0.15) is 0 Å². The van der Waals surface area contributed by atoms with Crippen LogP contribution in [0.25, 0.3) is 0 Å². The summed E-state index contributed by atoms with van der Waals surface area (Å²) in [4.78, 5) is 16.8. The van der Waals surface area contributed by atoms with Crippen molar-refractivity contribution >= 4 is 41.1 Å². The highest BCUT2D eigenvalue weighted by Gasteiger charge is 2.21. The zero-order valence-corrected chi connectivity index (χ0v) is 20.4. The molecule has 0 bridgehead atoms. The van der Waals surface area contributed by atoms with Crippen molar-refractivity contribution in [3.63, 3.8) is 0 Å². The van der Waals surface area contributed by atoms with Gasteiger partial charge >= 0.3 is 6.09 Å². The maximum Gasteiger partial charge on any atom is 0.404 e. The zero-order valence-electron chi connectivity index (χ0n) is 18.1. The summed E-state index contributed by atoms with van der Waals surface area (Å²) in [5.74, 6) is 0.795. The monoisotopic (exact) mass is 479 g/mol. The number of imidazole rings is 1. The molecule has 0 aliphatic rings. The van der Waals surface area contributed by atoms with Gasteiger partial charge in [0.25, 0.3) is 0 Å². The highest BCUT2D eigenvalue weighted by molar-refractivity contribution is 7.99. The number of aromatic nitrogens is 2. The molecule has 0 fully saturated rings. The first-order valence-electron chi connectivity index (χ1n) is 10.0. The molecule has 0 aliphatic heterocycles. The van der Waals surface area contributed by atoms with Crippen LogP contribution in [-0.4, -0.2) is 15.6 Å². The molecule has 8 heteroatoms. The molecule has 0 spiro atoms. The van der Waals surface area contributed by atoms with Crippen molar-refractivity contribution in [3.05, 3.63) is 75.7 Å². The number of halogens is 2. The smallest absolute Gasteiger partial charge is 0.404 e. The Morgan fingerprint density at radius 2 is 1.74 bits per heavy atom. The molecule has 0 aliphatic carbocycles. The van der Waals surface area contributed by atoms with Gasteiger partial charge in [0.15, 0.2) is 6.61 Å². The fraction of sp³-hybridized carbons (Fsp3) is 0.304. The fourth-order valence-corrected chi connectivity index (χ4v) is 4.78. The maximum absolute atomic E-state index is 11.2. The largest absolute Gasteiger partial charge is 0.442 e. The topological polar surface area (TPSA) is 70.1 Å². The summed E-state index contributed by atoms with van der Waals surface area (Å²) in [6.45, 7) is 8.72. The number of amides is 1. The fourth-order valence-electron chi connectivity index (χ4n) is 2.86. The minimum absolute atomic E-state index is 0.00124. The van der Waals surface area contributed by atoms with E-state index in [1.807, 2.05) is 60.9 Å². The number of benzene rings is 2. The van der Waals surface area contributed by atoms with Crippen LogP contribution in [0, 0.1) is 0 Å². The summed E-state index contributed by atoms with van der Waals surface area (Å²) in [6, 6.07) is 15.4. The average Bonchev–Trinajstić information content (AvgIpc) is 3.05. The quantitative estimate of drug-likeness (QED) is 0.390.